The van der Waals surface area contributed by atoms with Gasteiger partial charge in [-0.3, -0.25) is 4.57 Å². The third kappa shape index (κ3) is 6.67. The number of para-hydroxylation sites is 3. The Morgan fingerprint density at radius 2 is 1.13 bits per heavy atom. The van der Waals surface area contributed by atoms with Crippen LogP contribution in [0.1, 0.15) is 75.2 Å². The summed E-state index contributed by atoms with van der Waals surface area (Å²) in [6.07, 6.45) is 6.30. The van der Waals surface area contributed by atoms with Crippen molar-refractivity contribution in [2.45, 2.75) is 66.2 Å². The molecule has 0 unspecified atom stereocenters. The van der Waals surface area contributed by atoms with Gasteiger partial charge in [0.1, 0.15) is 5.82 Å². The fourth-order valence-corrected chi connectivity index (χ4v) is 9.07. The van der Waals surface area contributed by atoms with E-state index in [1.807, 2.05) is 12.3 Å². The molecule has 62 heavy (non-hydrogen) atoms. The van der Waals surface area contributed by atoms with Crippen molar-refractivity contribution in [3.05, 3.63) is 191 Å². The van der Waals surface area contributed by atoms with Gasteiger partial charge in [0, 0.05) is 34.0 Å². The Balaban J connectivity index is 1.19. The van der Waals surface area contributed by atoms with Crippen LogP contribution < -0.4 is 9.80 Å². The molecule has 6 heteroatoms. The predicted octanol–water partition coefficient (Wildman–Crippen LogP) is 15.0. The normalized spacial score (nSPS) is 12.7. The summed E-state index contributed by atoms with van der Waals surface area (Å²) in [5.41, 5.74) is 16.5. The molecule has 0 N–H and O–H groups in total. The molecular weight excluding hydrogens is 757 g/mol. The van der Waals surface area contributed by atoms with Crippen LogP contribution in [0.25, 0.3) is 45.5 Å². The highest BCUT2D eigenvalue weighted by atomic mass is 15.3. The van der Waals surface area contributed by atoms with Gasteiger partial charge in [-0.15, -0.1) is 0 Å². The maximum atomic E-state index is 5.31. The Morgan fingerprint density at radius 3 is 1.79 bits per heavy atom. The molecule has 9 aromatic rings. The number of hydrogen-bond donors (Lipinski definition) is 0. The number of pyridine rings is 1. The molecule has 0 aliphatic carbocycles. The second-order valence-electron chi connectivity index (χ2n) is 18.6. The Kier molecular flexibility index (Phi) is 9.29. The third-order valence-electron chi connectivity index (χ3n) is 12.3. The molecule has 6 aromatic carbocycles. The number of aryl methyl sites for hydroxylation is 1. The summed E-state index contributed by atoms with van der Waals surface area (Å²) in [6, 6.07) is 54.9. The van der Waals surface area contributed by atoms with Crippen molar-refractivity contribution in [2.24, 2.45) is 0 Å². The van der Waals surface area contributed by atoms with E-state index < -0.39 is 0 Å². The highest BCUT2D eigenvalue weighted by molar-refractivity contribution is 6.10. The predicted molar refractivity (Wildman–Crippen MR) is 261 cm³/mol. The first-order valence-corrected chi connectivity index (χ1v) is 21.6. The summed E-state index contributed by atoms with van der Waals surface area (Å²) >= 11 is 0. The van der Waals surface area contributed by atoms with Crippen molar-refractivity contribution in [2.75, 3.05) is 9.80 Å². The first kappa shape index (κ1) is 39.0. The number of benzene rings is 6. The van der Waals surface area contributed by atoms with Gasteiger partial charge in [-0.05, 0) is 120 Å². The molecule has 0 fully saturated rings. The molecule has 0 saturated carbocycles. The van der Waals surface area contributed by atoms with Crippen LogP contribution in [0.3, 0.4) is 0 Å². The van der Waals surface area contributed by atoms with E-state index in [1.54, 1.807) is 0 Å². The van der Waals surface area contributed by atoms with Gasteiger partial charge in [-0.1, -0.05) is 133 Å². The minimum atomic E-state index is -0.0704. The molecule has 0 saturated heterocycles. The number of nitrogens with zero attached hydrogens (tertiary/aromatic N) is 6. The molecule has 1 aliphatic heterocycles. The third-order valence-corrected chi connectivity index (χ3v) is 12.3. The number of aromatic nitrogens is 4. The Bertz CT molecular complexity index is 3110. The van der Waals surface area contributed by atoms with Crippen LogP contribution in [0.15, 0.2) is 158 Å². The molecule has 0 bridgehead atoms. The SMILES string of the molecule is Cc1nn(-c2cccc(N(c3cc(C(C)(C)C)cc(C(C)(C)C)c3)c3ccc4c5ccccc5n(-c5ccccn5)c4c3)c2)c(C)c1N1c2ccccc2C=Cc2ccccc21. The fraction of sp³-hybridized carbons (Fsp3) is 0.179. The quantitative estimate of drug-likeness (QED) is 0.168. The van der Waals surface area contributed by atoms with E-state index >= 15 is 0 Å². The van der Waals surface area contributed by atoms with Crippen LogP contribution in [-0.2, 0) is 10.8 Å². The number of fused-ring (bicyclic) bond motifs is 5. The largest absolute Gasteiger partial charge is 0.310 e. The van der Waals surface area contributed by atoms with E-state index in [4.69, 9.17) is 10.1 Å². The lowest BCUT2D eigenvalue weighted by Gasteiger charge is -2.31. The van der Waals surface area contributed by atoms with Crippen LogP contribution >= 0.6 is 0 Å². The van der Waals surface area contributed by atoms with E-state index in [2.05, 4.69) is 232 Å². The summed E-state index contributed by atoms with van der Waals surface area (Å²) in [5, 5.41) is 7.69. The second-order valence-corrected chi connectivity index (χ2v) is 18.6. The maximum absolute atomic E-state index is 5.31. The van der Waals surface area contributed by atoms with Gasteiger partial charge < -0.3 is 9.80 Å². The molecule has 0 spiro atoms. The number of rotatable bonds is 6. The minimum Gasteiger partial charge on any atom is -0.310 e. The molecule has 4 heterocycles. The van der Waals surface area contributed by atoms with Gasteiger partial charge in [0.2, 0.25) is 0 Å². The van der Waals surface area contributed by atoms with Crippen LogP contribution in [-0.4, -0.2) is 19.3 Å². The molecule has 0 atom stereocenters. The lowest BCUT2D eigenvalue weighted by atomic mass is 9.80. The monoisotopic (exact) mass is 808 g/mol. The molecule has 6 nitrogen and oxygen atoms in total. The average Bonchev–Trinajstić information content (AvgIpc) is 3.69. The topological polar surface area (TPSA) is 42.1 Å². The van der Waals surface area contributed by atoms with E-state index in [-0.39, 0.29) is 10.8 Å². The standard InChI is InChI=1S/C56H52N6/c1-37-54(61-49-23-12-9-18-39(49)27-28-40-19-10-13-24-50(40)61)38(2)62(58-37)45-21-17-20-43(35-45)59(46-33-41(55(3,4)5)32-42(34-46)56(6,7)8)44-29-30-48-47-22-11-14-25-51(47)60(52(48)36-44)53-26-15-16-31-57-53/h9-36H,1-8H3. The zero-order valence-corrected chi connectivity index (χ0v) is 36.8. The molecule has 0 amide bonds. The van der Waals surface area contributed by atoms with Crippen molar-refractivity contribution < 1.29 is 0 Å². The maximum Gasteiger partial charge on any atom is 0.137 e. The molecule has 0 radical (unpaired) electrons. The van der Waals surface area contributed by atoms with Gasteiger partial charge in [0.25, 0.3) is 0 Å². The van der Waals surface area contributed by atoms with E-state index in [0.717, 1.165) is 68.1 Å². The van der Waals surface area contributed by atoms with Crippen LogP contribution in [0.5, 0.6) is 0 Å². The Morgan fingerprint density at radius 1 is 0.516 bits per heavy atom. The molecular formula is C56H52N6. The number of hydrogen-bond acceptors (Lipinski definition) is 4. The van der Waals surface area contributed by atoms with E-state index in [0.29, 0.717) is 0 Å². The highest BCUT2D eigenvalue weighted by Crippen LogP contribution is 2.46. The summed E-state index contributed by atoms with van der Waals surface area (Å²) < 4.78 is 4.41. The first-order valence-electron chi connectivity index (χ1n) is 21.6. The van der Waals surface area contributed by atoms with Crippen molar-refractivity contribution in [3.63, 3.8) is 0 Å². The summed E-state index contributed by atoms with van der Waals surface area (Å²) in [4.78, 5) is 9.66. The van der Waals surface area contributed by atoms with Gasteiger partial charge in [0.05, 0.1) is 45.2 Å². The van der Waals surface area contributed by atoms with Gasteiger partial charge >= 0.3 is 0 Å². The van der Waals surface area contributed by atoms with E-state index in [9.17, 15) is 0 Å². The van der Waals surface area contributed by atoms with Crippen LogP contribution in [0.2, 0.25) is 0 Å². The van der Waals surface area contributed by atoms with E-state index in [1.165, 1.54) is 33.0 Å². The van der Waals surface area contributed by atoms with Crippen LogP contribution in [0.4, 0.5) is 34.1 Å². The summed E-state index contributed by atoms with van der Waals surface area (Å²) in [7, 11) is 0. The van der Waals surface area contributed by atoms with Crippen molar-refractivity contribution in [1.82, 2.24) is 19.3 Å². The van der Waals surface area contributed by atoms with Crippen molar-refractivity contribution in [1.29, 1.82) is 0 Å². The van der Waals surface area contributed by atoms with Gasteiger partial charge in [0.15, 0.2) is 0 Å². The fourth-order valence-electron chi connectivity index (χ4n) is 9.07. The lowest BCUT2D eigenvalue weighted by molar-refractivity contribution is 0.569. The summed E-state index contributed by atoms with van der Waals surface area (Å²) in [6.45, 7) is 18.1. The Hall–Kier alpha value is -7.18. The zero-order valence-electron chi connectivity index (χ0n) is 36.8. The Labute approximate surface area is 365 Å². The summed E-state index contributed by atoms with van der Waals surface area (Å²) in [5.74, 6) is 0.889. The average molecular weight is 809 g/mol. The van der Waals surface area contributed by atoms with Crippen molar-refractivity contribution in [3.8, 4) is 11.5 Å². The van der Waals surface area contributed by atoms with Gasteiger partial charge in [-0.25, -0.2) is 9.67 Å². The van der Waals surface area contributed by atoms with Crippen molar-refractivity contribution >= 4 is 68.1 Å². The zero-order chi connectivity index (χ0) is 42.9. The molecule has 306 valence electrons. The minimum absolute atomic E-state index is 0.0704. The molecule has 1 aliphatic rings. The number of anilines is 6. The highest BCUT2D eigenvalue weighted by Gasteiger charge is 2.28. The molecule has 10 rings (SSSR count). The smallest absolute Gasteiger partial charge is 0.137 e. The second kappa shape index (κ2) is 14.8. The lowest BCUT2D eigenvalue weighted by Crippen LogP contribution is -2.19. The van der Waals surface area contributed by atoms with Gasteiger partial charge in [-0.2, -0.15) is 5.10 Å². The molecule has 3 aromatic heterocycles. The van der Waals surface area contributed by atoms with Crippen LogP contribution in [0, 0.1) is 13.8 Å². The first-order chi connectivity index (χ1) is 29.8.